The summed E-state index contributed by atoms with van der Waals surface area (Å²) in [6, 6.07) is 46.9. The maximum atomic E-state index is 2.92. The Morgan fingerprint density at radius 2 is 0.820 bits per heavy atom. The molecule has 2 unspecified atom stereocenters. The Morgan fingerprint density at radius 1 is 0.348 bits per heavy atom. The van der Waals surface area contributed by atoms with E-state index in [9.17, 15) is 0 Å². The molecule has 15 rings (SSSR count). The zero-order chi connectivity index (χ0) is 63.5. The molecule has 0 N–H and O–H groups in total. The van der Waals surface area contributed by atoms with Crippen LogP contribution >= 0.6 is 0 Å². The van der Waals surface area contributed by atoms with Crippen LogP contribution in [0.5, 0.6) is 0 Å². The SMILES string of the molecule is CC(C)(C)c1ccc2c(c1)C(C)(C)c1cccc(N3c4cc5c(cc4B4c6cc7c(cc6N(c6ccc8c(c6)C(C)(C)CCC8(C)C)c6cc(N8c9ccc(C(C)(C)C)cc9C9(C)CCCCC89C)cc3c64)C(C)(C)CCC7(C)C)C(C)(C)CCC5(C)C)c1-2. The van der Waals surface area contributed by atoms with Crippen molar-refractivity contribution in [2.45, 2.75) is 276 Å². The maximum absolute atomic E-state index is 2.92. The number of hydrogen-bond acceptors (Lipinski definition) is 3. The Morgan fingerprint density at radius 3 is 1.37 bits per heavy atom. The first-order valence-corrected chi connectivity index (χ1v) is 34.9. The van der Waals surface area contributed by atoms with Crippen molar-refractivity contribution < 1.29 is 0 Å². The van der Waals surface area contributed by atoms with E-state index in [2.05, 4.69) is 276 Å². The molecule has 4 heteroatoms. The standard InChI is InChI=1S/C85H104BN3/c1-75(2,3)51-28-31-55-58(42-51)83(19,20)57-26-25-27-68(73(55)57)88-70-50-63-61(80(13,14)39-41-82(63,17)18)48-66(70)86-65-47-60-62(81(15,16)40-38-79(60,11)12)49-69(65)87(53-30-32-56-59(44-53)78(9,10)37-36-77(56,7)8)71-45-54(46-72(88)74(71)86)89-67-33-29-52(76(4,5)6)43-64(67)84(21)34-23-24-35-85(84,89)22/h25-33,42-50H,23-24,34-41H2,1-22H3. The van der Waals surface area contributed by atoms with Gasteiger partial charge in [-0.05, 0) is 233 Å². The number of fused-ring (bicyclic) bond motifs is 13. The summed E-state index contributed by atoms with van der Waals surface area (Å²) in [4.78, 5) is 8.62. The molecule has 89 heavy (non-hydrogen) atoms. The second-order valence-corrected chi connectivity index (χ2v) is 36.9. The van der Waals surface area contributed by atoms with Crippen molar-refractivity contribution >= 4 is 68.6 Å². The highest BCUT2D eigenvalue weighted by molar-refractivity contribution is 7.00. The van der Waals surface area contributed by atoms with Gasteiger partial charge in [-0.1, -0.05) is 219 Å². The lowest BCUT2D eigenvalue weighted by Gasteiger charge is -2.52. The van der Waals surface area contributed by atoms with E-state index < -0.39 is 0 Å². The van der Waals surface area contributed by atoms with Gasteiger partial charge in [0, 0.05) is 56.2 Å². The first-order valence-electron chi connectivity index (χ1n) is 34.9. The average Bonchev–Trinajstić information content (AvgIpc) is 1.53. The molecular weight excluding hydrogens is 1070 g/mol. The Bertz CT molecular complexity index is 4220. The Labute approximate surface area is 538 Å². The molecule has 0 bridgehead atoms. The van der Waals surface area contributed by atoms with Crippen LogP contribution in [0.25, 0.3) is 11.1 Å². The van der Waals surface area contributed by atoms with Gasteiger partial charge in [-0.25, -0.2) is 0 Å². The lowest BCUT2D eigenvalue weighted by Crippen LogP contribution is -2.62. The van der Waals surface area contributed by atoms with E-state index >= 15 is 0 Å². The van der Waals surface area contributed by atoms with Gasteiger partial charge in [0.1, 0.15) is 0 Å². The first kappa shape index (κ1) is 59.3. The third kappa shape index (κ3) is 8.14. The second kappa shape index (κ2) is 18.2. The third-order valence-corrected chi connectivity index (χ3v) is 26.1. The minimum absolute atomic E-state index is 0.00655. The molecule has 0 amide bonds. The van der Waals surface area contributed by atoms with Gasteiger partial charge in [0.15, 0.2) is 0 Å². The Kier molecular flexibility index (Phi) is 12.1. The summed E-state index contributed by atoms with van der Waals surface area (Å²) in [6.07, 6.45) is 11.8. The summed E-state index contributed by atoms with van der Waals surface area (Å²) in [7, 11) is 0. The number of rotatable bonds is 3. The molecule has 7 aromatic rings. The molecule has 3 nitrogen and oxygen atoms in total. The van der Waals surface area contributed by atoms with Gasteiger partial charge >= 0.3 is 0 Å². The van der Waals surface area contributed by atoms with E-state index in [4.69, 9.17) is 0 Å². The number of benzene rings is 7. The maximum Gasteiger partial charge on any atom is 0.252 e. The fourth-order valence-electron chi connectivity index (χ4n) is 19.5. The van der Waals surface area contributed by atoms with E-state index in [0.29, 0.717) is 0 Å². The normalized spacial score (nSPS) is 24.5. The summed E-state index contributed by atoms with van der Waals surface area (Å²) < 4.78 is 0. The fourth-order valence-corrected chi connectivity index (χ4v) is 19.5. The van der Waals surface area contributed by atoms with Crippen molar-refractivity contribution in [1.29, 1.82) is 0 Å². The molecule has 3 aliphatic heterocycles. The summed E-state index contributed by atoms with van der Waals surface area (Å²) >= 11 is 0. The number of hydrogen-bond donors (Lipinski definition) is 0. The lowest BCUT2D eigenvalue weighted by molar-refractivity contribution is 0.195. The molecule has 7 aromatic carbocycles. The smallest absolute Gasteiger partial charge is 0.252 e. The van der Waals surface area contributed by atoms with Gasteiger partial charge in [-0.3, -0.25) is 0 Å². The zero-order valence-corrected chi connectivity index (χ0v) is 58.9. The highest BCUT2D eigenvalue weighted by atomic mass is 15.3. The predicted molar refractivity (Wildman–Crippen MR) is 384 cm³/mol. The van der Waals surface area contributed by atoms with Gasteiger partial charge in [-0.15, -0.1) is 0 Å². The first-order chi connectivity index (χ1) is 41.3. The van der Waals surface area contributed by atoms with E-state index in [-0.39, 0.29) is 66.4 Å². The Balaban J connectivity index is 1.13. The molecule has 2 atom stereocenters. The molecule has 0 spiro atoms. The van der Waals surface area contributed by atoms with Gasteiger partial charge in [-0.2, -0.15) is 0 Å². The highest BCUT2D eigenvalue weighted by Crippen LogP contribution is 2.64. The predicted octanol–water partition coefficient (Wildman–Crippen LogP) is 21.5. The van der Waals surface area contributed by atoms with Crippen molar-refractivity contribution in [3.8, 4) is 11.1 Å². The monoisotopic (exact) mass is 1180 g/mol. The molecule has 462 valence electrons. The van der Waals surface area contributed by atoms with Crippen LogP contribution in [-0.4, -0.2) is 12.3 Å². The molecule has 5 aliphatic carbocycles. The van der Waals surface area contributed by atoms with Gasteiger partial charge in [0.25, 0.3) is 6.71 Å². The molecule has 1 saturated carbocycles. The van der Waals surface area contributed by atoms with E-state index in [1.54, 1.807) is 0 Å². The lowest BCUT2D eigenvalue weighted by atomic mass is 9.32. The van der Waals surface area contributed by atoms with Crippen molar-refractivity contribution in [3.63, 3.8) is 0 Å². The van der Waals surface area contributed by atoms with Crippen LogP contribution < -0.4 is 31.1 Å². The fraction of sp³-hybridized carbons (Fsp3) is 0.506. The highest BCUT2D eigenvalue weighted by Gasteiger charge is 2.59. The largest absolute Gasteiger partial charge is 0.334 e. The van der Waals surface area contributed by atoms with Crippen LogP contribution in [0, 0.1) is 0 Å². The van der Waals surface area contributed by atoms with Crippen molar-refractivity contribution in [2.75, 3.05) is 14.7 Å². The van der Waals surface area contributed by atoms with Gasteiger partial charge in [0.2, 0.25) is 0 Å². The zero-order valence-electron chi connectivity index (χ0n) is 58.9. The summed E-state index contributed by atoms with van der Waals surface area (Å²) in [5.41, 5.74) is 33.8. The quantitative estimate of drug-likeness (QED) is 0.163. The van der Waals surface area contributed by atoms with Crippen LogP contribution in [0.4, 0.5) is 45.5 Å². The van der Waals surface area contributed by atoms with E-state index in [1.165, 1.54) is 186 Å². The number of anilines is 8. The summed E-state index contributed by atoms with van der Waals surface area (Å²) in [6.45, 7) is 55.0. The molecule has 0 aromatic heterocycles. The van der Waals surface area contributed by atoms with Crippen LogP contribution in [0.2, 0.25) is 0 Å². The minimum atomic E-state index is -0.207. The minimum Gasteiger partial charge on any atom is -0.334 e. The molecular formula is C85H104BN3. The van der Waals surface area contributed by atoms with Gasteiger partial charge < -0.3 is 14.7 Å². The van der Waals surface area contributed by atoms with E-state index in [0.717, 1.165) is 12.8 Å². The summed E-state index contributed by atoms with van der Waals surface area (Å²) in [5, 5.41) is 0. The van der Waals surface area contributed by atoms with Crippen molar-refractivity contribution in [1.82, 2.24) is 0 Å². The molecule has 1 fully saturated rings. The Hall–Kier alpha value is -6.00. The van der Waals surface area contributed by atoms with Crippen LogP contribution in [0.3, 0.4) is 0 Å². The number of nitrogens with zero attached hydrogens (tertiary/aromatic N) is 3. The van der Waals surface area contributed by atoms with Crippen LogP contribution in [0.1, 0.15) is 278 Å². The van der Waals surface area contributed by atoms with Crippen LogP contribution in [0.15, 0.2) is 109 Å². The van der Waals surface area contributed by atoms with Gasteiger partial charge in [0.05, 0.1) is 11.2 Å². The summed E-state index contributed by atoms with van der Waals surface area (Å²) in [5.74, 6) is 0. The molecule has 0 saturated heterocycles. The molecule has 8 aliphatic rings. The second-order valence-electron chi connectivity index (χ2n) is 36.9. The van der Waals surface area contributed by atoms with Crippen molar-refractivity contribution in [3.05, 3.63) is 170 Å². The molecule has 0 radical (unpaired) electrons. The molecule has 3 heterocycles. The third-order valence-electron chi connectivity index (χ3n) is 26.1. The topological polar surface area (TPSA) is 9.72 Å². The van der Waals surface area contributed by atoms with E-state index in [1.807, 2.05) is 0 Å². The van der Waals surface area contributed by atoms with Crippen LogP contribution in [-0.2, 0) is 54.1 Å². The van der Waals surface area contributed by atoms with Crippen molar-refractivity contribution in [2.24, 2.45) is 0 Å². The average molecular weight is 1180 g/mol.